The SMILES string of the molecule is CCCNc1ncc(Br)cc1C(=O)N1CCC(O)CC1. The average Bonchev–Trinajstić information content (AvgIpc) is 2.46. The second kappa shape index (κ2) is 7.04. The number of aliphatic hydroxyl groups is 1. The first-order valence-corrected chi connectivity index (χ1v) is 7.78. The number of likely N-dealkylation sites (tertiary alicyclic amines) is 1. The monoisotopic (exact) mass is 341 g/mol. The van der Waals surface area contributed by atoms with Crippen molar-refractivity contribution in [3.05, 3.63) is 22.3 Å². The van der Waals surface area contributed by atoms with E-state index in [0.717, 1.165) is 17.4 Å². The highest BCUT2D eigenvalue weighted by Crippen LogP contribution is 2.22. The number of aromatic nitrogens is 1. The summed E-state index contributed by atoms with van der Waals surface area (Å²) in [7, 11) is 0. The smallest absolute Gasteiger partial charge is 0.257 e. The lowest BCUT2D eigenvalue weighted by Gasteiger charge is -2.30. The number of piperidine rings is 1. The fourth-order valence-corrected chi connectivity index (χ4v) is 2.56. The molecule has 5 nitrogen and oxygen atoms in total. The highest BCUT2D eigenvalue weighted by Gasteiger charge is 2.24. The van der Waals surface area contributed by atoms with E-state index in [0.29, 0.717) is 37.3 Å². The summed E-state index contributed by atoms with van der Waals surface area (Å²) in [5.41, 5.74) is 0.587. The quantitative estimate of drug-likeness (QED) is 0.881. The summed E-state index contributed by atoms with van der Waals surface area (Å²) < 4.78 is 0.792. The van der Waals surface area contributed by atoms with Crippen molar-refractivity contribution in [2.45, 2.75) is 32.3 Å². The van der Waals surface area contributed by atoms with E-state index in [2.05, 4.69) is 33.2 Å². The highest BCUT2D eigenvalue weighted by atomic mass is 79.9. The van der Waals surface area contributed by atoms with Gasteiger partial charge in [-0.3, -0.25) is 4.79 Å². The molecular formula is C14H20BrN3O2. The van der Waals surface area contributed by atoms with Crippen LogP contribution in [0.2, 0.25) is 0 Å². The molecule has 1 aromatic rings. The van der Waals surface area contributed by atoms with Gasteiger partial charge in [-0.05, 0) is 41.3 Å². The fraction of sp³-hybridized carbons (Fsp3) is 0.571. The molecule has 110 valence electrons. The van der Waals surface area contributed by atoms with Crippen LogP contribution < -0.4 is 5.32 Å². The maximum absolute atomic E-state index is 12.6. The Hall–Kier alpha value is -1.14. The molecular weight excluding hydrogens is 322 g/mol. The molecule has 20 heavy (non-hydrogen) atoms. The number of halogens is 1. The number of carbonyl (C=O) groups is 1. The van der Waals surface area contributed by atoms with Crippen LogP contribution in [0.3, 0.4) is 0 Å². The Kier molecular flexibility index (Phi) is 5.37. The van der Waals surface area contributed by atoms with Crippen molar-refractivity contribution in [3.63, 3.8) is 0 Å². The van der Waals surface area contributed by atoms with Crippen molar-refractivity contribution in [1.29, 1.82) is 0 Å². The van der Waals surface area contributed by atoms with Crippen LogP contribution in [0, 0.1) is 0 Å². The molecule has 0 aliphatic carbocycles. The van der Waals surface area contributed by atoms with Crippen LogP contribution in [0.15, 0.2) is 16.7 Å². The molecule has 6 heteroatoms. The predicted molar refractivity (Wildman–Crippen MR) is 81.9 cm³/mol. The van der Waals surface area contributed by atoms with Gasteiger partial charge in [0.1, 0.15) is 5.82 Å². The number of amides is 1. The Morgan fingerprint density at radius 1 is 1.55 bits per heavy atom. The third-order valence-electron chi connectivity index (χ3n) is 3.38. The minimum atomic E-state index is -0.280. The maximum atomic E-state index is 12.6. The maximum Gasteiger partial charge on any atom is 0.257 e. The molecule has 0 bridgehead atoms. The molecule has 0 aromatic carbocycles. The molecule has 0 atom stereocenters. The summed E-state index contributed by atoms with van der Waals surface area (Å²) in [5.74, 6) is 0.607. The summed E-state index contributed by atoms with van der Waals surface area (Å²) in [5, 5.41) is 12.7. The van der Waals surface area contributed by atoms with Crippen LogP contribution in [-0.4, -0.2) is 46.6 Å². The number of rotatable bonds is 4. The Balaban J connectivity index is 2.17. The van der Waals surface area contributed by atoms with Crippen LogP contribution >= 0.6 is 15.9 Å². The first kappa shape index (κ1) is 15.3. The second-order valence-corrected chi connectivity index (χ2v) is 5.92. The van der Waals surface area contributed by atoms with Gasteiger partial charge in [0.2, 0.25) is 0 Å². The topological polar surface area (TPSA) is 65.5 Å². The predicted octanol–water partition coefficient (Wildman–Crippen LogP) is 2.26. The van der Waals surface area contributed by atoms with Crippen LogP contribution in [0.4, 0.5) is 5.82 Å². The molecule has 0 radical (unpaired) electrons. The largest absolute Gasteiger partial charge is 0.393 e. The van der Waals surface area contributed by atoms with Crippen molar-refractivity contribution in [1.82, 2.24) is 9.88 Å². The van der Waals surface area contributed by atoms with E-state index < -0.39 is 0 Å². The Bertz CT molecular complexity index is 473. The first-order chi connectivity index (χ1) is 9.61. The van der Waals surface area contributed by atoms with E-state index in [1.807, 2.05) is 0 Å². The number of carbonyl (C=O) groups excluding carboxylic acids is 1. The zero-order chi connectivity index (χ0) is 14.5. The van der Waals surface area contributed by atoms with E-state index in [1.165, 1.54) is 0 Å². The summed E-state index contributed by atoms with van der Waals surface area (Å²) in [4.78, 5) is 18.7. The van der Waals surface area contributed by atoms with E-state index in [1.54, 1.807) is 17.2 Å². The van der Waals surface area contributed by atoms with Gasteiger partial charge in [0.25, 0.3) is 5.91 Å². The van der Waals surface area contributed by atoms with Gasteiger partial charge in [-0.2, -0.15) is 0 Å². The van der Waals surface area contributed by atoms with Crippen molar-refractivity contribution in [2.24, 2.45) is 0 Å². The minimum Gasteiger partial charge on any atom is -0.393 e. The molecule has 2 N–H and O–H groups in total. The zero-order valence-corrected chi connectivity index (χ0v) is 13.2. The van der Waals surface area contributed by atoms with Crippen molar-refractivity contribution < 1.29 is 9.90 Å². The van der Waals surface area contributed by atoms with Gasteiger partial charge in [-0.15, -0.1) is 0 Å². The number of nitrogens with one attached hydrogen (secondary N) is 1. The number of nitrogens with zero attached hydrogens (tertiary/aromatic N) is 2. The normalized spacial score (nSPS) is 16.2. The lowest BCUT2D eigenvalue weighted by atomic mass is 10.1. The van der Waals surface area contributed by atoms with Gasteiger partial charge in [0.05, 0.1) is 11.7 Å². The van der Waals surface area contributed by atoms with Crippen LogP contribution in [0.1, 0.15) is 36.5 Å². The van der Waals surface area contributed by atoms with Gasteiger partial charge in [0.15, 0.2) is 0 Å². The molecule has 1 amide bonds. The molecule has 1 aromatic heterocycles. The van der Waals surface area contributed by atoms with E-state index >= 15 is 0 Å². The lowest BCUT2D eigenvalue weighted by molar-refractivity contribution is 0.0547. The Labute approximate surface area is 127 Å². The lowest BCUT2D eigenvalue weighted by Crippen LogP contribution is -2.40. The van der Waals surface area contributed by atoms with Gasteiger partial charge in [-0.1, -0.05) is 6.92 Å². The number of pyridine rings is 1. The molecule has 2 heterocycles. The van der Waals surface area contributed by atoms with Gasteiger partial charge < -0.3 is 15.3 Å². The summed E-state index contributed by atoms with van der Waals surface area (Å²) >= 11 is 3.37. The third kappa shape index (κ3) is 3.70. The summed E-state index contributed by atoms with van der Waals surface area (Å²) in [6.07, 6.45) is 3.67. The Morgan fingerprint density at radius 2 is 2.25 bits per heavy atom. The van der Waals surface area contributed by atoms with Crippen LogP contribution in [0.25, 0.3) is 0 Å². The molecule has 1 aliphatic rings. The standard InChI is InChI=1S/C14H20BrN3O2/c1-2-5-16-13-12(8-10(15)9-17-13)14(20)18-6-3-11(19)4-7-18/h8-9,11,19H,2-7H2,1H3,(H,16,17). The highest BCUT2D eigenvalue weighted by molar-refractivity contribution is 9.10. The summed E-state index contributed by atoms with van der Waals surface area (Å²) in [6, 6.07) is 1.80. The van der Waals surface area contributed by atoms with Crippen molar-refractivity contribution in [2.75, 3.05) is 25.0 Å². The molecule has 1 saturated heterocycles. The third-order valence-corrected chi connectivity index (χ3v) is 3.81. The van der Waals surface area contributed by atoms with Gasteiger partial charge >= 0.3 is 0 Å². The molecule has 1 aliphatic heterocycles. The van der Waals surface area contributed by atoms with E-state index in [-0.39, 0.29) is 12.0 Å². The molecule has 0 spiro atoms. The molecule has 0 unspecified atom stereocenters. The summed E-state index contributed by atoms with van der Waals surface area (Å²) in [6.45, 7) is 4.05. The minimum absolute atomic E-state index is 0.0238. The van der Waals surface area contributed by atoms with Crippen molar-refractivity contribution >= 4 is 27.7 Å². The first-order valence-electron chi connectivity index (χ1n) is 6.98. The molecule has 2 rings (SSSR count). The van der Waals surface area contributed by atoms with E-state index in [9.17, 15) is 9.90 Å². The van der Waals surface area contributed by atoms with Crippen molar-refractivity contribution in [3.8, 4) is 0 Å². The van der Waals surface area contributed by atoms with Crippen LogP contribution in [-0.2, 0) is 0 Å². The molecule has 1 fully saturated rings. The number of hydrogen-bond donors (Lipinski definition) is 2. The molecule has 0 saturated carbocycles. The average molecular weight is 342 g/mol. The van der Waals surface area contributed by atoms with Gasteiger partial charge in [0, 0.05) is 30.3 Å². The number of hydrogen-bond acceptors (Lipinski definition) is 4. The zero-order valence-electron chi connectivity index (χ0n) is 11.6. The fourth-order valence-electron chi connectivity index (χ4n) is 2.23. The second-order valence-electron chi connectivity index (χ2n) is 5.00. The van der Waals surface area contributed by atoms with Gasteiger partial charge in [-0.25, -0.2) is 4.98 Å². The van der Waals surface area contributed by atoms with Crippen LogP contribution in [0.5, 0.6) is 0 Å². The van der Waals surface area contributed by atoms with E-state index in [4.69, 9.17) is 0 Å². The number of anilines is 1. The Morgan fingerprint density at radius 3 is 2.90 bits per heavy atom. The number of aliphatic hydroxyl groups excluding tert-OH is 1.